The number of hydrogen-bond donors (Lipinski definition) is 2. The molecule has 1 unspecified atom stereocenters. The molecule has 2 aromatic rings. The van der Waals surface area contributed by atoms with Gasteiger partial charge in [0.2, 0.25) is 0 Å². The molecule has 1 atom stereocenters. The molecule has 0 aliphatic heterocycles. The van der Waals surface area contributed by atoms with E-state index in [1.165, 1.54) is 0 Å². The summed E-state index contributed by atoms with van der Waals surface area (Å²) in [5, 5.41) is 11.8. The minimum absolute atomic E-state index is 0.144. The molecule has 0 aromatic heterocycles. The number of ether oxygens (including phenoxy) is 2. The lowest BCUT2D eigenvalue weighted by molar-refractivity contribution is -0.141. The fraction of sp³-hybridized carbons (Fsp3) is 0.300. The van der Waals surface area contributed by atoms with Crippen molar-refractivity contribution in [2.24, 2.45) is 5.92 Å². The van der Waals surface area contributed by atoms with Crippen molar-refractivity contribution in [3.05, 3.63) is 59.2 Å². The van der Waals surface area contributed by atoms with Crippen LogP contribution in [-0.2, 0) is 11.2 Å². The maximum atomic E-state index is 14.0. The zero-order valence-corrected chi connectivity index (χ0v) is 15.5. The highest BCUT2D eigenvalue weighted by Gasteiger charge is 2.24. The highest BCUT2D eigenvalue weighted by Crippen LogP contribution is 2.25. The van der Waals surface area contributed by atoms with Gasteiger partial charge in [-0.1, -0.05) is 12.1 Å². The second-order valence-electron chi connectivity index (χ2n) is 5.96. The first-order valence-electron chi connectivity index (χ1n) is 8.62. The predicted octanol–water partition coefficient (Wildman–Crippen LogP) is 3.05. The number of hydrogen-bond acceptors (Lipinski definition) is 4. The fourth-order valence-electron chi connectivity index (χ4n) is 2.67. The first-order chi connectivity index (χ1) is 13.4. The second-order valence-corrected chi connectivity index (χ2v) is 5.96. The van der Waals surface area contributed by atoms with Crippen LogP contribution in [0.15, 0.2) is 36.4 Å². The molecule has 1 amide bonds. The minimum atomic E-state index is -1.12. The number of carboxylic acids is 1. The van der Waals surface area contributed by atoms with E-state index >= 15 is 0 Å². The Kier molecular flexibility index (Phi) is 7.31. The van der Waals surface area contributed by atoms with Gasteiger partial charge in [-0.2, -0.15) is 0 Å². The molecule has 0 aliphatic rings. The predicted molar refractivity (Wildman–Crippen MR) is 97.7 cm³/mol. The third-order valence-electron chi connectivity index (χ3n) is 4.06. The maximum absolute atomic E-state index is 14.0. The average molecular weight is 393 g/mol. The molecule has 8 heteroatoms. The molecule has 0 radical (unpaired) electrons. The number of carbonyl (C=O) groups excluding carboxylic acids is 1. The lowest BCUT2D eigenvalue weighted by atomic mass is 9.99. The van der Waals surface area contributed by atoms with Crippen molar-refractivity contribution in [3.63, 3.8) is 0 Å². The number of aliphatic carboxylic acids is 1. The van der Waals surface area contributed by atoms with E-state index in [0.717, 1.165) is 24.8 Å². The number of rotatable bonds is 9. The molecule has 6 nitrogen and oxygen atoms in total. The molecule has 2 N–H and O–H groups in total. The van der Waals surface area contributed by atoms with Gasteiger partial charge in [0.15, 0.2) is 11.6 Å². The quantitative estimate of drug-likeness (QED) is 0.684. The largest absolute Gasteiger partial charge is 0.494 e. The molecular weight excluding hydrogens is 372 g/mol. The number of carboxylic acid groups (broad SMARTS) is 1. The molecule has 0 heterocycles. The summed E-state index contributed by atoms with van der Waals surface area (Å²) in [4.78, 5) is 23.8. The van der Waals surface area contributed by atoms with E-state index in [1.54, 1.807) is 24.3 Å². The molecule has 0 spiro atoms. The number of methoxy groups -OCH3 is 1. The Morgan fingerprint density at radius 1 is 1.11 bits per heavy atom. The van der Waals surface area contributed by atoms with Crippen molar-refractivity contribution in [3.8, 4) is 11.5 Å². The summed E-state index contributed by atoms with van der Waals surface area (Å²) < 4.78 is 37.8. The average Bonchev–Trinajstić information content (AvgIpc) is 2.67. The number of benzene rings is 2. The summed E-state index contributed by atoms with van der Waals surface area (Å²) in [6, 6.07) is 8.57. The first kappa shape index (κ1) is 21.1. The van der Waals surface area contributed by atoms with Crippen molar-refractivity contribution in [2.45, 2.75) is 13.3 Å². The molecule has 0 aliphatic carbocycles. The molecule has 28 heavy (non-hydrogen) atoms. The van der Waals surface area contributed by atoms with E-state index in [2.05, 4.69) is 5.32 Å². The van der Waals surface area contributed by atoms with Gasteiger partial charge >= 0.3 is 5.97 Å². The molecule has 0 saturated carbocycles. The number of nitrogens with one attached hydrogen (secondary N) is 1. The van der Waals surface area contributed by atoms with Gasteiger partial charge in [-0.3, -0.25) is 9.59 Å². The number of halogens is 2. The Balaban J connectivity index is 2.08. The Morgan fingerprint density at radius 3 is 2.32 bits per heavy atom. The van der Waals surface area contributed by atoms with E-state index in [1.807, 2.05) is 6.92 Å². The van der Waals surface area contributed by atoms with Crippen LogP contribution < -0.4 is 14.8 Å². The van der Waals surface area contributed by atoms with Gasteiger partial charge in [-0.05, 0) is 43.2 Å². The van der Waals surface area contributed by atoms with Crippen molar-refractivity contribution >= 4 is 11.9 Å². The van der Waals surface area contributed by atoms with E-state index in [0.29, 0.717) is 12.4 Å². The topological polar surface area (TPSA) is 84.9 Å². The van der Waals surface area contributed by atoms with Crippen LogP contribution in [0, 0.1) is 17.6 Å². The van der Waals surface area contributed by atoms with Crippen LogP contribution >= 0.6 is 0 Å². The van der Waals surface area contributed by atoms with E-state index in [-0.39, 0.29) is 13.0 Å². The summed E-state index contributed by atoms with van der Waals surface area (Å²) in [5.74, 6) is -4.75. The molecule has 0 saturated heterocycles. The number of carbonyl (C=O) groups is 2. The van der Waals surface area contributed by atoms with Crippen LogP contribution in [-0.4, -0.2) is 37.2 Å². The number of amides is 1. The van der Waals surface area contributed by atoms with Crippen molar-refractivity contribution in [1.29, 1.82) is 0 Å². The Bertz CT molecular complexity index is 839. The van der Waals surface area contributed by atoms with Crippen LogP contribution in [0.4, 0.5) is 8.78 Å². The molecule has 0 fully saturated rings. The summed E-state index contributed by atoms with van der Waals surface area (Å²) in [6.45, 7) is 2.11. The molecule has 0 bridgehead atoms. The van der Waals surface area contributed by atoms with Gasteiger partial charge in [-0.25, -0.2) is 8.78 Å². The smallest absolute Gasteiger partial charge is 0.308 e. The zero-order chi connectivity index (χ0) is 20.7. The maximum Gasteiger partial charge on any atom is 0.308 e. The van der Waals surface area contributed by atoms with Gasteiger partial charge in [0.1, 0.15) is 17.1 Å². The second kappa shape index (κ2) is 9.68. The van der Waals surface area contributed by atoms with Crippen LogP contribution in [0.5, 0.6) is 11.5 Å². The van der Waals surface area contributed by atoms with Crippen LogP contribution in [0.25, 0.3) is 0 Å². The van der Waals surface area contributed by atoms with Crippen LogP contribution in [0.1, 0.15) is 22.8 Å². The monoisotopic (exact) mass is 393 g/mol. The summed E-state index contributed by atoms with van der Waals surface area (Å²) in [5.41, 5.74) is 0.132. The van der Waals surface area contributed by atoms with Gasteiger partial charge in [0.05, 0.1) is 19.6 Å². The third kappa shape index (κ3) is 5.18. The normalized spacial score (nSPS) is 11.6. The lowest BCUT2D eigenvalue weighted by Gasteiger charge is -2.15. The Hall–Kier alpha value is -3.16. The van der Waals surface area contributed by atoms with Crippen molar-refractivity contribution in [2.75, 3.05) is 20.3 Å². The minimum Gasteiger partial charge on any atom is -0.494 e. The molecule has 150 valence electrons. The molecule has 2 rings (SSSR count). The lowest BCUT2D eigenvalue weighted by Crippen LogP contribution is -2.34. The van der Waals surface area contributed by atoms with Gasteiger partial charge in [0, 0.05) is 6.54 Å². The summed E-state index contributed by atoms with van der Waals surface area (Å²) >= 11 is 0. The summed E-state index contributed by atoms with van der Waals surface area (Å²) in [7, 11) is 1.11. The van der Waals surface area contributed by atoms with Gasteiger partial charge in [-0.15, -0.1) is 0 Å². The van der Waals surface area contributed by atoms with E-state index in [9.17, 15) is 23.5 Å². The summed E-state index contributed by atoms with van der Waals surface area (Å²) in [6.07, 6.45) is 0.144. The van der Waals surface area contributed by atoms with Gasteiger partial charge < -0.3 is 19.9 Å². The van der Waals surface area contributed by atoms with Gasteiger partial charge in [0.25, 0.3) is 5.91 Å². The van der Waals surface area contributed by atoms with Crippen molar-refractivity contribution in [1.82, 2.24) is 5.32 Å². The first-order valence-corrected chi connectivity index (χ1v) is 8.62. The highest BCUT2D eigenvalue weighted by molar-refractivity contribution is 5.97. The molecular formula is C20H21F2NO5. The standard InChI is InChI=1S/C20H21F2NO5/c1-3-28-14-6-4-12(5-7-14)10-13(20(25)26)11-23-19(24)17-15(21)8-9-16(22)18(17)27-2/h4-9,13H,3,10-11H2,1-2H3,(H,23,24)(H,25,26). The SMILES string of the molecule is CCOc1ccc(CC(CNC(=O)c2c(F)ccc(F)c2OC)C(=O)O)cc1. The zero-order valence-electron chi connectivity index (χ0n) is 15.5. The van der Waals surface area contributed by atoms with E-state index < -0.39 is 40.7 Å². The Labute approximate surface area is 161 Å². The molecule has 2 aromatic carbocycles. The fourth-order valence-corrected chi connectivity index (χ4v) is 2.67. The van der Waals surface area contributed by atoms with Crippen LogP contribution in [0.2, 0.25) is 0 Å². The highest BCUT2D eigenvalue weighted by atomic mass is 19.1. The van der Waals surface area contributed by atoms with Crippen LogP contribution in [0.3, 0.4) is 0 Å². The van der Waals surface area contributed by atoms with Crippen molar-refractivity contribution < 1.29 is 33.0 Å². The van der Waals surface area contributed by atoms with E-state index in [4.69, 9.17) is 9.47 Å². The third-order valence-corrected chi connectivity index (χ3v) is 4.06. The Morgan fingerprint density at radius 2 is 1.75 bits per heavy atom.